The predicted octanol–water partition coefficient (Wildman–Crippen LogP) is 2.70. The van der Waals surface area contributed by atoms with Crippen LogP contribution in [0.5, 0.6) is 5.75 Å². The van der Waals surface area contributed by atoms with E-state index < -0.39 is 0 Å². The van der Waals surface area contributed by atoms with Gasteiger partial charge in [0, 0.05) is 29.9 Å². The largest absolute Gasteiger partial charge is 0.497 e. The van der Waals surface area contributed by atoms with Crippen LogP contribution in [-0.2, 0) is 0 Å². The van der Waals surface area contributed by atoms with Crippen LogP contribution in [0.25, 0.3) is 0 Å². The number of carbonyl (C=O) groups excluding carboxylic acids is 3. The van der Waals surface area contributed by atoms with Crippen molar-refractivity contribution in [2.75, 3.05) is 25.5 Å². The summed E-state index contributed by atoms with van der Waals surface area (Å²) in [4.78, 5) is 36.3. The maximum Gasteiger partial charge on any atom is 0.287 e. The van der Waals surface area contributed by atoms with Crippen LogP contribution in [0.3, 0.4) is 0 Å². The van der Waals surface area contributed by atoms with Crippen LogP contribution in [0.15, 0.2) is 71.3 Å². The van der Waals surface area contributed by atoms with Gasteiger partial charge in [-0.3, -0.25) is 14.4 Å². The molecule has 8 nitrogen and oxygen atoms in total. The van der Waals surface area contributed by atoms with Crippen LogP contribution in [0.2, 0.25) is 0 Å². The van der Waals surface area contributed by atoms with E-state index in [-0.39, 0.29) is 36.6 Å². The van der Waals surface area contributed by atoms with E-state index in [2.05, 4.69) is 16.0 Å². The number of nitrogens with one attached hydrogen (secondary N) is 3. The van der Waals surface area contributed by atoms with Crippen LogP contribution in [0.1, 0.15) is 31.3 Å². The van der Waals surface area contributed by atoms with Crippen molar-refractivity contribution < 1.29 is 23.5 Å². The number of anilines is 1. The molecule has 0 saturated carbocycles. The van der Waals surface area contributed by atoms with Crippen LogP contribution < -0.4 is 20.7 Å². The summed E-state index contributed by atoms with van der Waals surface area (Å²) < 4.78 is 10.1. The number of carbonyl (C=O) groups is 3. The van der Waals surface area contributed by atoms with Crippen molar-refractivity contribution in [3.8, 4) is 5.75 Å². The smallest absolute Gasteiger partial charge is 0.287 e. The van der Waals surface area contributed by atoms with E-state index in [1.54, 1.807) is 60.7 Å². The Morgan fingerprint density at radius 1 is 0.833 bits per heavy atom. The third-order valence-electron chi connectivity index (χ3n) is 4.18. The minimum absolute atomic E-state index is 0.216. The molecule has 0 atom stereocenters. The van der Waals surface area contributed by atoms with Crippen molar-refractivity contribution in [2.24, 2.45) is 0 Å². The SMILES string of the molecule is COc1cccc(C(=O)Nc2ccc(C(=O)NCCNC(=O)c3ccco3)cc2)c1. The van der Waals surface area contributed by atoms with E-state index in [1.807, 2.05) is 0 Å². The summed E-state index contributed by atoms with van der Waals surface area (Å²) in [7, 11) is 1.54. The molecule has 0 unspecified atom stereocenters. The zero-order valence-corrected chi connectivity index (χ0v) is 16.3. The molecule has 0 bridgehead atoms. The van der Waals surface area contributed by atoms with Gasteiger partial charge in [0.05, 0.1) is 13.4 Å². The monoisotopic (exact) mass is 407 g/mol. The number of amides is 3. The second-order valence-electron chi connectivity index (χ2n) is 6.25. The Hall–Kier alpha value is -4.07. The van der Waals surface area contributed by atoms with Crippen molar-refractivity contribution in [1.82, 2.24) is 10.6 Å². The highest BCUT2D eigenvalue weighted by Gasteiger charge is 2.10. The molecule has 8 heteroatoms. The Morgan fingerprint density at radius 3 is 2.23 bits per heavy atom. The average molecular weight is 407 g/mol. The van der Waals surface area contributed by atoms with Gasteiger partial charge in [-0.25, -0.2) is 0 Å². The molecule has 0 aliphatic heterocycles. The fourth-order valence-electron chi connectivity index (χ4n) is 2.62. The maximum absolute atomic E-state index is 12.3. The maximum atomic E-state index is 12.3. The van der Waals surface area contributed by atoms with E-state index in [4.69, 9.17) is 9.15 Å². The van der Waals surface area contributed by atoms with Gasteiger partial charge in [0.15, 0.2) is 5.76 Å². The van der Waals surface area contributed by atoms with Gasteiger partial charge >= 0.3 is 0 Å². The Labute approximate surface area is 173 Å². The Bertz CT molecular complexity index is 1010. The Morgan fingerprint density at radius 2 is 1.57 bits per heavy atom. The molecule has 0 spiro atoms. The van der Waals surface area contributed by atoms with Gasteiger partial charge in [0.1, 0.15) is 5.75 Å². The van der Waals surface area contributed by atoms with Gasteiger partial charge in [0.2, 0.25) is 0 Å². The van der Waals surface area contributed by atoms with E-state index >= 15 is 0 Å². The van der Waals surface area contributed by atoms with Crippen molar-refractivity contribution in [1.29, 1.82) is 0 Å². The number of hydrogen-bond acceptors (Lipinski definition) is 5. The highest BCUT2D eigenvalue weighted by atomic mass is 16.5. The summed E-state index contributed by atoms with van der Waals surface area (Å²) in [6.07, 6.45) is 1.42. The standard InChI is InChI=1S/C22H21N3O5/c1-29-18-5-2-4-16(14-18)21(27)25-17-9-7-15(8-10-17)20(26)23-11-12-24-22(28)19-6-3-13-30-19/h2-10,13-14H,11-12H2,1H3,(H,23,26)(H,24,28)(H,25,27). The lowest BCUT2D eigenvalue weighted by molar-refractivity contribution is 0.0910. The number of methoxy groups -OCH3 is 1. The molecule has 1 heterocycles. The quantitative estimate of drug-likeness (QED) is 0.498. The molecule has 0 aliphatic rings. The number of benzene rings is 2. The molecule has 0 fully saturated rings. The lowest BCUT2D eigenvalue weighted by Gasteiger charge is -2.09. The summed E-state index contributed by atoms with van der Waals surface area (Å²) >= 11 is 0. The molecule has 154 valence electrons. The number of furan rings is 1. The Balaban J connectivity index is 1.46. The second kappa shape index (κ2) is 9.92. The van der Waals surface area contributed by atoms with E-state index in [1.165, 1.54) is 13.4 Å². The summed E-state index contributed by atoms with van der Waals surface area (Å²) in [5, 5.41) is 8.13. The predicted molar refractivity (Wildman–Crippen MR) is 111 cm³/mol. The first kappa shape index (κ1) is 20.7. The molecule has 1 aromatic heterocycles. The van der Waals surface area contributed by atoms with Crippen LogP contribution in [0.4, 0.5) is 5.69 Å². The minimum Gasteiger partial charge on any atom is -0.497 e. The third-order valence-corrected chi connectivity index (χ3v) is 4.18. The van der Waals surface area contributed by atoms with Gasteiger partial charge in [-0.1, -0.05) is 6.07 Å². The zero-order valence-electron chi connectivity index (χ0n) is 16.3. The van der Waals surface area contributed by atoms with Crippen molar-refractivity contribution in [3.63, 3.8) is 0 Å². The molecular weight excluding hydrogens is 386 g/mol. The summed E-state index contributed by atoms with van der Waals surface area (Å²) in [5.41, 5.74) is 1.46. The fourth-order valence-corrected chi connectivity index (χ4v) is 2.62. The summed E-state index contributed by atoms with van der Waals surface area (Å²) in [5.74, 6) is -0.0976. The average Bonchev–Trinajstić information content (AvgIpc) is 3.32. The highest BCUT2D eigenvalue weighted by Crippen LogP contribution is 2.15. The fraction of sp³-hybridized carbons (Fsp3) is 0.136. The van der Waals surface area contributed by atoms with Gasteiger partial charge < -0.3 is 25.1 Å². The lowest BCUT2D eigenvalue weighted by Crippen LogP contribution is -2.34. The first-order valence-electron chi connectivity index (χ1n) is 9.22. The molecule has 3 N–H and O–H groups in total. The van der Waals surface area contributed by atoms with Gasteiger partial charge in [-0.05, 0) is 54.6 Å². The number of ether oxygens (including phenoxy) is 1. The number of rotatable bonds is 8. The lowest BCUT2D eigenvalue weighted by atomic mass is 10.1. The topological polar surface area (TPSA) is 110 Å². The van der Waals surface area contributed by atoms with Crippen LogP contribution in [0, 0.1) is 0 Å². The summed E-state index contributed by atoms with van der Waals surface area (Å²) in [6, 6.07) is 16.5. The minimum atomic E-state index is -0.342. The van der Waals surface area contributed by atoms with E-state index in [9.17, 15) is 14.4 Å². The first-order chi connectivity index (χ1) is 14.6. The van der Waals surface area contributed by atoms with E-state index in [0.29, 0.717) is 22.6 Å². The van der Waals surface area contributed by atoms with Gasteiger partial charge in [-0.2, -0.15) is 0 Å². The molecule has 30 heavy (non-hydrogen) atoms. The van der Waals surface area contributed by atoms with Crippen LogP contribution >= 0.6 is 0 Å². The molecule has 0 radical (unpaired) electrons. The van der Waals surface area contributed by atoms with Crippen LogP contribution in [-0.4, -0.2) is 37.9 Å². The second-order valence-corrected chi connectivity index (χ2v) is 6.25. The van der Waals surface area contributed by atoms with Crippen molar-refractivity contribution in [3.05, 3.63) is 83.8 Å². The molecule has 3 amide bonds. The summed E-state index contributed by atoms with van der Waals surface area (Å²) in [6.45, 7) is 0.527. The molecular formula is C22H21N3O5. The number of hydrogen-bond donors (Lipinski definition) is 3. The molecule has 0 aliphatic carbocycles. The molecule has 3 aromatic rings. The van der Waals surface area contributed by atoms with Gasteiger partial charge in [0.25, 0.3) is 17.7 Å². The molecule has 3 rings (SSSR count). The van der Waals surface area contributed by atoms with E-state index in [0.717, 1.165) is 0 Å². The van der Waals surface area contributed by atoms with Gasteiger partial charge in [-0.15, -0.1) is 0 Å². The first-order valence-corrected chi connectivity index (χ1v) is 9.22. The highest BCUT2D eigenvalue weighted by molar-refractivity contribution is 6.04. The molecule has 0 saturated heterocycles. The normalized spacial score (nSPS) is 10.2. The van der Waals surface area contributed by atoms with Crippen molar-refractivity contribution >= 4 is 23.4 Å². The zero-order chi connectivity index (χ0) is 21.3. The molecule has 2 aromatic carbocycles. The Kier molecular flexibility index (Phi) is 6.83. The third kappa shape index (κ3) is 5.48. The van der Waals surface area contributed by atoms with Crippen molar-refractivity contribution in [2.45, 2.75) is 0 Å².